The van der Waals surface area contributed by atoms with E-state index < -0.39 is 22.0 Å². The average Bonchev–Trinajstić information content (AvgIpc) is 2.73. The van der Waals surface area contributed by atoms with E-state index in [1.165, 1.54) is 13.2 Å². The first-order valence-corrected chi connectivity index (χ1v) is 7.52. The van der Waals surface area contributed by atoms with Crippen LogP contribution in [0.5, 0.6) is 5.75 Å². The van der Waals surface area contributed by atoms with Gasteiger partial charge in [-0.3, -0.25) is 4.79 Å². The van der Waals surface area contributed by atoms with E-state index in [0.717, 1.165) is 11.3 Å². The van der Waals surface area contributed by atoms with Gasteiger partial charge in [0.2, 0.25) is 0 Å². The molecule has 0 bridgehead atoms. The molecule has 1 unspecified atom stereocenters. The van der Waals surface area contributed by atoms with E-state index in [0.29, 0.717) is 0 Å². The molecule has 0 aliphatic rings. The number of methoxy groups -OCH3 is 1. The summed E-state index contributed by atoms with van der Waals surface area (Å²) >= 11 is 0.978. The molecule has 0 aromatic carbocycles. The standard InChI is InChI=1S/C10H15NO5S2/c1-6(2)8(9(12)13)11-18(14,15)10-7(16-3)4-5-17-10/h4-6,8,11H,1-3H3,(H,12,13). The van der Waals surface area contributed by atoms with Gasteiger partial charge in [0.15, 0.2) is 4.21 Å². The molecule has 102 valence electrons. The van der Waals surface area contributed by atoms with Crippen molar-refractivity contribution >= 4 is 27.3 Å². The second-order valence-electron chi connectivity index (χ2n) is 3.96. The van der Waals surface area contributed by atoms with Gasteiger partial charge >= 0.3 is 5.97 Å². The van der Waals surface area contributed by atoms with Crippen molar-refractivity contribution in [2.24, 2.45) is 5.92 Å². The molecule has 0 aliphatic carbocycles. The molecule has 0 radical (unpaired) electrons. The summed E-state index contributed by atoms with van der Waals surface area (Å²) in [4.78, 5) is 11.0. The zero-order valence-electron chi connectivity index (χ0n) is 10.2. The van der Waals surface area contributed by atoms with Gasteiger partial charge in [0, 0.05) is 0 Å². The van der Waals surface area contributed by atoms with Crippen LogP contribution in [0.1, 0.15) is 13.8 Å². The van der Waals surface area contributed by atoms with Crippen molar-refractivity contribution in [2.45, 2.75) is 24.1 Å². The van der Waals surface area contributed by atoms with E-state index in [-0.39, 0.29) is 15.9 Å². The third-order valence-electron chi connectivity index (χ3n) is 2.27. The topological polar surface area (TPSA) is 92.7 Å². The summed E-state index contributed by atoms with van der Waals surface area (Å²) < 4.78 is 31.2. The third kappa shape index (κ3) is 3.21. The smallest absolute Gasteiger partial charge is 0.322 e. The van der Waals surface area contributed by atoms with Crippen molar-refractivity contribution < 1.29 is 23.1 Å². The lowest BCUT2D eigenvalue weighted by molar-refractivity contribution is -0.140. The van der Waals surface area contributed by atoms with Crippen LogP contribution >= 0.6 is 11.3 Å². The van der Waals surface area contributed by atoms with Gasteiger partial charge in [0.1, 0.15) is 11.8 Å². The van der Waals surface area contributed by atoms with Crippen molar-refractivity contribution in [2.75, 3.05) is 7.11 Å². The minimum absolute atomic E-state index is 0.0168. The molecule has 1 rings (SSSR count). The van der Waals surface area contributed by atoms with Gasteiger partial charge in [-0.2, -0.15) is 4.72 Å². The molecule has 0 fully saturated rings. The number of hydrogen-bond donors (Lipinski definition) is 2. The molecule has 0 saturated carbocycles. The molecule has 1 aromatic rings. The lowest BCUT2D eigenvalue weighted by Gasteiger charge is -2.17. The molecule has 1 heterocycles. The molecule has 18 heavy (non-hydrogen) atoms. The molecule has 0 aliphatic heterocycles. The first kappa shape index (κ1) is 14.9. The Morgan fingerprint density at radius 1 is 1.50 bits per heavy atom. The van der Waals surface area contributed by atoms with Crippen LogP contribution in [0, 0.1) is 5.92 Å². The number of carboxylic acid groups (broad SMARTS) is 1. The minimum Gasteiger partial charge on any atom is -0.494 e. The van der Waals surface area contributed by atoms with Gasteiger partial charge in [-0.15, -0.1) is 11.3 Å². The van der Waals surface area contributed by atoms with Gasteiger partial charge in [-0.25, -0.2) is 8.42 Å². The highest BCUT2D eigenvalue weighted by atomic mass is 32.2. The largest absolute Gasteiger partial charge is 0.494 e. The predicted molar refractivity (Wildman–Crippen MR) is 67.5 cm³/mol. The number of sulfonamides is 1. The van der Waals surface area contributed by atoms with Crippen molar-refractivity contribution in [1.82, 2.24) is 4.72 Å². The molecule has 0 amide bonds. The van der Waals surface area contributed by atoms with Gasteiger partial charge in [0.25, 0.3) is 10.0 Å². The number of carboxylic acids is 1. The predicted octanol–water partition coefficient (Wildman–Crippen LogP) is 1.14. The van der Waals surface area contributed by atoms with E-state index >= 15 is 0 Å². The zero-order chi connectivity index (χ0) is 13.9. The number of ether oxygens (including phenoxy) is 1. The van der Waals surface area contributed by atoms with Crippen LogP contribution in [0.3, 0.4) is 0 Å². The normalized spacial score (nSPS) is 13.6. The zero-order valence-corrected chi connectivity index (χ0v) is 11.8. The second-order valence-corrected chi connectivity index (χ2v) is 6.78. The number of rotatable bonds is 6. The van der Waals surface area contributed by atoms with Gasteiger partial charge in [-0.05, 0) is 17.4 Å². The number of nitrogens with one attached hydrogen (secondary N) is 1. The Hall–Kier alpha value is -1.12. The highest BCUT2D eigenvalue weighted by molar-refractivity contribution is 7.91. The van der Waals surface area contributed by atoms with E-state index in [9.17, 15) is 13.2 Å². The van der Waals surface area contributed by atoms with Crippen LogP contribution in [0.25, 0.3) is 0 Å². The molecule has 6 nitrogen and oxygen atoms in total. The summed E-state index contributed by atoms with van der Waals surface area (Å²) in [7, 11) is -2.53. The van der Waals surface area contributed by atoms with Gasteiger partial charge < -0.3 is 9.84 Å². The maximum atomic E-state index is 12.0. The van der Waals surface area contributed by atoms with E-state index in [1.807, 2.05) is 0 Å². The Balaban J connectivity index is 3.05. The summed E-state index contributed by atoms with van der Waals surface area (Å²) in [5.41, 5.74) is 0. The number of carbonyl (C=O) groups is 1. The van der Waals surface area contributed by atoms with Crippen molar-refractivity contribution in [3.8, 4) is 5.75 Å². The lowest BCUT2D eigenvalue weighted by atomic mass is 10.1. The first-order chi connectivity index (χ1) is 8.29. The summed E-state index contributed by atoms with van der Waals surface area (Å²) in [6.07, 6.45) is 0. The van der Waals surface area contributed by atoms with Crippen LogP contribution in [-0.4, -0.2) is 32.6 Å². The molecular formula is C10H15NO5S2. The van der Waals surface area contributed by atoms with E-state index in [2.05, 4.69) is 4.72 Å². The summed E-state index contributed by atoms with van der Waals surface area (Å²) in [6, 6.07) is 0.353. The molecule has 0 saturated heterocycles. The molecule has 8 heteroatoms. The average molecular weight is 293 g/mol. The fraction of sp³-hybridized carbons (Fsp3) is 0.500. The van der Waals surface area contributed by atoms with Gasteiger partial charge in [0.05, 0.1) is 7.11 Å². The van der Waals surface area contributed by atoms with Crippen molar-refractivity contribution in [3.63, 3.8) is 0 Å². The Kier molecular flexibility index (Phi) is 4.71. The summed E-state index contributed by atoms with van der Waals surface area (Å²) in [6.45, 7) is 3.26. The molecule has 2 N–H and O–H groups in total. The van der Waals surface area contributed by atoms with E-state index in [1.54, 1.807) is 19.2 Å². The monoisotopic (exact) mass is 293 g/mol. The second kappa shape index (κ2) is 5.68. The van der Waals surface area contributed by atoms with Crippen LogP contribution < -0.4 is 9.46 Å². The van der Waals surface area contributed by atoms with Crippen LogP contribution in [0.15, 0.2) is 15.7 Å². The van der Waals surface area contributed by atoms with Crippen molar-refractivity contribution in [1.29, 1.82) is 0 Å². The first-order valence-electron chi connectivity index (χ1n) is 5.16. The van der Waals surface area contributed by atoms with Crippen LogP contribution in [0.2, 0.25) is 0 Å². The minimum atomic E-state index is -3.89. The number of hydrogen-bond acceptors (Lipinski definition) is 5. The number of thiophene rings is 1. The van der Waals surface area contributed by atoms with E-state index in [4.69, 9.17) is 9.84 Å². The SMILES string of the molecule is COc1ccsc1S(=O)(=O)NC(C(=O)O)C(C)C. The number of aliphatic carboxylic acids is 1. The van der Waals surface area contributed by atoms with Crippen LogP contribution in [0.4, 0.5) is 0 Å². The Morgan fingerprint density at radius 2 is 2.11 bits per heavy atom. The molecular weight excluding hydrogens is 278 g/mol. The van der Waals surface area contributed by atoms with Crippen LogP contribution in [-0.2, 0) is 14.8 Å². The Labute approximate surface area is 110 Å². The fourth-order valence-corrected chi connectivity index (χ4v) is 3.95. The van der Waals surface area contributed by atoms with Crippen molar-refractivity contribution in [3.05, 3.63) is 11.4 Å². The summed E-state index contributed by atoms with van der Waals surface area (Å²) in [5.74, 6) is -1.35. The highest BCUT2D eigenvalue weighted by Gasteiger charge is 2.30. The Morgan fingerprint density at radius 3 is 2.56 bits per heavy atom. The summed E-state index contributed by atoms with van der Waals surface area (Å²) in [5, 5.41) is 10.5. The fourth-order valence-electron chi connectivity index (χ4n) is 1.32. The maximum absolute atomic E-state index is 12.0. The third-order valence-corrected chi connectivity index (χ3v) is 5.16. The lowest BCUT2D eigenvalue weighted by Crippen LogP contribution is -2.44. The molecule has 1 atom stereocenters. The highest BCUT2D eigenvalue weighted by Crippen LogP contribution is 2.29. The quantitative estimate of drug-likeness (QED) is 0.820. The molecule has 0 spiro atoms. The molecule has 1 aromatic heterocycles. The Bertz CT molecular complexity index is 520. The van der Waals surface area contributed by atoms with Gasteiger partial charge in [-0.1, -0.05) is 13.8 Å². The maximum Gasteiger partial charge on any atom is 0.322 e.